The van der Waals surface area contributed by atoms with Crippen LogP contribution in [-0.2, 0) is 5.41 Å². The lowest BCUT2D eigenvalue weighted by Crippen LogP contribution is -2.29. The summed E-state index contributed by atoms with van der Waals surface area (Å²) in [6, 6.07) is 49.8. The molecule has 0 fully saturated rings. The summed E-state index contributed by atoms with van der Waals surface area (Å²) in [6.45, 7) is 0. The Morgan fingerprint density at radius 3 is 1.73 bits per heavy atom. The second-order valence-corrected chi connectivity index (χ2v) is 11.6. The van der Waals surface area contributed by atoms with Gasteiger partial charge >= 0.3 is 0 Å². The van der Waals surface area contributed by atoms with Crippen LogP contribution in [0, 0.1) is 0 Å². The summed E-state index contributed by atoms with van der Waals surface area (Å²) in [5, 5.41) is 0. The van der Waals surface area contributed by atoms with Gasteiger partial charge in [0, 0.05) is 29.1 Å². The molecule has 45 heavy (non-hydrogen) atoms. The highest BCUT2D eigenvalue weighted by atomic mass is 14.9. The number of fused-ring (bicyclic) bond motifs is 9. The smallest absolute Gasteiger partial charge is 0.160 e. The third-order valence-corrected chi connectivity index (χ3v) is 9.23. The number of benzene rings is 5. The molecule has 1 spiro atoms. The molecule has 3 nitrogen and oxygen atoms in total. The molecule has 3 heteroatoms. The first-order chi connectivity index (χ1) is 22.3. The first kappa shape index (κ1) is 25.6. The zero-order valence-electron chi connectivity index (χ0n) is 24.4. The molecular weight excluding hydrogens is 546 g/mol. The van der Waals surface area contributed by atoms with Gasteiger partial charge in [0.15, 0.2) is 5.82 Å². The van der Waals surface area contributed by atoms with Crippen molar-refractivity contribution >= 4 is 12.2 Å². The van der Waals surface area contributed by atoms with Crippen LogP contribution in [0.3, 0.4) is 0 Å². The van der Waals surface area contributed by atoms with E-state index >= 15 is 0 Å². The normalized spacial score (nSPS) is 13.4. The monoisotopic (exact) mass is 573 g/mol. The fraction of sp³-hybridized carbons (Fsp3) is 0.0238. The van der Waals surface area contributed by atoms with Crippen molar-refractivity contribution in [1.29, 1.82) is 0 Å². The van der Waals surface area contributed by atoms with E-state index in [-0.39, 0.29) is 0 Å². The molecule has 0 unspecified atom stereocenters. The highest BCUT2D eigenvalue weighted by Gasteiger charge is 2.48. The second-order valence-electron chi connectivity index (χ2n) is 11.6. The van der Waals surface area contributed by atoms with E-state index in [9.17, 15) is 0 Å². The minimum absolute atomic E-state index is 0.442. The van der Waals surface area contributed by atoms with Gasteiger partial charge in [-0.15, -0.1) is 0 Å². The van der Waals surface area contributed by atoms with Gasteiger partial charge in [0.05, 0.1) is 16.8 Å². The zero-order chi connectivity index (χ0) is 29.8. The van der Waals surface area contributed by atoms with Crippen molar-refractivity contribution in [3.05, 3.63) is 185 Å². The Kier molecular flexibility index (Phi) is 5.72. The van der Waals surface area contributed by atoms with Crippen molar-refractivity contribution in [3.63, 3.8) is 0 Å². The Morgan fingerprint density at radius 1 is 0.422 bits per heavy atom. The van der Waals surface area contributed by atoms with Crippen LogP contribution in [0.25, 0.3) is 57.2 Å². The maximum Gasteiger partial charge on any atom is 0.160 e. The number of pyridine rings is 1. The van der Waals surface area contributed by atoms with Gasteiger partial charge in [-0.25, -0.2) is 9.97 Å². The molecule has 2 aliphatic carbocycles. The van der Waals surface area contributed by atoms with Crippen LogP contribution in [0.15, 0.2) is 152 Å². The van der Waals surface area contributed by atoms with Gasteiger partial charge in [-0.05, 0) is 68.8 Å². The molecule has 0 amide bonds. The molecular formula is C42H27N3. The third-order valence-electron chi connectivity index (χ3n) is 9.23. The predicted octanol–water partition coefficient (Wildman–Crippen LogP) is 9.72. The zero-order valence-corrected chi connectivity index (χ0v) is 24.4. The summed E-state index contributed by atoms with van der Waals surface area (Å²) in [6.07, 6.45) is 8.18. The molecule has 0 saturated heterocycles. The molecule has 9 rings (SSSR count). The van der Waals surface area contributed by atoms with E-state index in [1.807, 2.05) is 36.5 Å². The summed E-state index contributed by atoms with van der Waals surface area (Å²) >= 11 is 0. The van der Waals surface area contributed by atoms with Crippen molar-refractivity contribution in [3.8, 4) is 45.0 Å². The summed E-state index contributed by atoms with van der Waals surface area (Å²) in [5.74, 6) is 0.696. The molecule has 0 saturated carbocycles. The summed E-state index contributed by atoms with van der Waals surface area (Å²) < 4.78 is 0. The number of aromatic nitrogens is 3. The lowest BCUT2D eigenvalue weighted by atomic mass is 9.66. The number of hydrogen-bond donors (Lipinski definition) is 0. The first-order valence-corrected chi connectivity index (χ1v) is 15.3. The van der Waals surface area contributed by atoms with Crippen molar-refractivity contribution in [2.75, 3.05) is 0 Å². The van der Waals surface area contributed by atoms with E-state index in [1.54, 1.807) is 6.20 Å². The SMILES string of the molecule is C1=Cc2ccccc2C2(c3ccccc31)c1ccccc1-c1cc(-c3cc(-c4cccnc4)nc(-c4ccccc4)n3)ccc12. The summed E-state index contributed by atoms with van der Waals surface area (Å²) in [4.78, 5) is 14.5. The maximum absolute atomic E-state index is 5.13. The van der Waals surface area contributed by atoms with Gasteiger partial charge in [0.1, 0.15) is 0 Å². The molecule has 0 N–H and O–H groups in total. The minimum atomic E-state index is -0.442. The lowest BCUT2D eigenvalue weighted by Gasteiger charge is -2.35. The number of rotatable bonds is 3. The van der Waals surface area contributed by atoms with Gasteiger partial charge in [0.25, 0.3) is 0 Å². The van der Waals surface area contributed by atoms with Crippen LogP contribution in [0.2, 0.25) is 0 Å². The maximum atomic E-state index is 5.13. The van der Waals surface area contributed by atoms with Gasteiger partial charge < -0.3 is 0 Å². The van der Waals surface area contributed by atoms with Crippen molar-refractivity contribution in [2.45, 2.75) is 5.41 Å². The Labute approximate surface area is 262 Å². The first-order valence-electron chi connectivity index (χ1n) is 15.3. The summed E-state index contributed by atoms with van der Waals surface area (Å²) in [7, 11) is 0. The molecule has 7 aromatic rings. The van der Waals surface area contributed by atoms with Crippen molar-refractivity contribution in [2.24, 2.45) is 0 Å². The third kappa shape index (κ3) is 3.87. The molecule has 2 heterocycles. The number of nitrogens with zero attached hydrogens (tertiary/aromatic N) is 3. The largest absolute Gasteiger partial charge is 0.264 e. The minimum Gasteiger partial charge on any atom is -0.264 e. The fourth-order valence-electron chi connectivity index (χ4n) is 7.29. The van der Waals surface area contributed by atoms with Gasteiger partial charge in [-0.2, -0.15) is 0 Å². The van der Waals surface area contributed by atoms with Crippen LogP contribution in [0.1, 0.15) is 33.4 Å². The van der Waals surface area contributed by atoms with E-state index in [1.165, 1.54) is 44.5 Å². The second kappa shape index (κ2) is 10.1. The van der Waals surface area contributed by atoms with Crippen LogP contribution >= 0.6 is 0 Å². The van der Waals surface area contributed by atoms with Crippen LogP contribution < -0.4 is 0 Å². The van der Waals surface area contributed by atoms with E-state index in [0.717, 1.165) is 28.1 Å². The molecule has 0 aliphatic heterocycles. The molecule has 210 valence electrons. The highest BCUT2D eigenvalue weighted by Crippen LogP contribution is 2.58. The fourth-order valence-corrected chi connectivity index (χ4v) is 7.29. The Morgan fingerprint density at radius 2 is 1.02 bits per heavy atom. The molecule has 5 aromatic carbocycles. The van der Waals surface area contributed by atoms with Crippen LogP contribution in [-0.4, -0.2) is 15.0 Å². The Balaban J connectivity index is 1.31. The average molecular weight is 574 g/mol. The predicted molar refractivity (Wildman–Crippen MR) is 182 cm³/mol. The molecule has 0 bridgehead atoms. The quantitative estimate of drug-likeness (QED) is 0.211. The van der Waals surface area contributed by atoms with Gasteiger partial charge in [0.2, 0.25) is 0 Å². The Bertz CT molecular complexity index is 2160. The molecule has 2 aromatic heterocycles. The van der Waals surface area contributed by atoms with Gasteiger partial charge in [-0.1, -0.05) is 127 Å². The van der Waals surface area contributed by atoms with E-state index in [4.69, 9.17) is 9.97 Å². The number of hydrogen-bond acceptors (Lipinski definition) is 3. The van der Waals surface area contributed by atoms with Crippen molar-refractivity contribution in [1.82, 2.24) is 15.0 Å². The molecule has 0 radical (unpaired) electrons. The molecule has 0 atom stereocenters. The molecule has 2 aliphatic rings. The topological polar surface area (TPSA) is 38.7 Å². The van der Waals surface area contributed by atoms with Gasteiger partial charge in [-0.3, -0.25) is 4.98 Å². The lowest BCUT2D eigenvalue weighted by molar-refractivity contribution is 0.766. The van der Waals surface area contributed by atoms with Crippen LogP contribution in [0.4, 0.5) is 0 Å². The van der Waals surface area contributed by atoms with Crippen LogP contribution in [0.5, 0.6) is 0 Å². The highest BCUT2D eigenvalue weighted by molar-refractivity contribution is 5.92. The average Bonchev–Trinajstić information content (AvgIpc) is 3.32. The Hall–Kier alpha value is -5.93. The van der Waals surface area contributed by atoms with E-state index < -0.39 is 5.41 Å². The standard InChI is InChI=1S/C42H27N3/c1-2-13-30(14-3-1)41-44-39(26-40(45-41)32-15-10-24-43-27-32)31-22-23-38-34(25-31)33-16-6-9-19-37(33)42(38)35-17-7-4-11-28(35)20-21-29-12-5-8-18-36(29)42/h1-27H. The van der Waals surface area contributed by atoms with E-state index in [0.29, 0.717) is 5.82 Å². The summed E-state index contributed by atoms with van der Waals surface area (Å²) in [5.41, 5.74) is 14.5. The van der Waals surface area contributed by atoms with Crippen molar-refractivity contribution < 1.29 is 0 Å². The van der Waals surface area contributed by atoms with E-state index in [2.05, 4.69) is 126 Å².